The van der Waals surface area contributed by atoms with Crippen molar-refractivity contribution in [2.45, 2.75) is 33.6 Å². The first-order valence-corrected chi connectivity index (χ1v) is 7.14. The minimum absolute atomic E-state index is 0.103. The van der Waals surface area contributed by atoms with Gasteiger partial charge in [-0.3, -0.25) is 9.69 Å². The van der Waals surface area contributed by atoms with Crippen LogP contribution >= 0.6 is 0 Å². The third-order valence-electron chi connectivity index (χ3n) is 3.85. The van der Waals surface area contributed by atoms with Crippen molar-refractivity contribution < 1.29 is 4.79 Å². The van der Waals surface area contributed by atoms with E-state index in [1.165, 1.54) is 12.8 Å². The number of carbonyl (C=O) groups is 1. The Morgan fingerprint density at radius 2 is 2.05 bits per heavy atom. The van der Waals surface area contributed by atoms with E-state index in [0.717, 1.165) is 29.9 Å². The van der Waals surface area contributed by atoms with Gasteiger partial charge in [-0.1, -0.05) is 25.1 Å². The summed E-state index contributed by atoms with van der Waals surface area (Å²) >= 11 is 0. The number of rotatable bonds is 3. The van der Waals surface area contributed by atoms with Crippen LogP contribution in [-0.2, 0) is 4.79 Å². The maximum absolute atomic E-state index is 12.1. The summed E-state index contributed by atoms with van der Waals surface area (Å²) in [5, 5.41) is 3.06. The van der Waals surface area contributed by atoms with Crippen LogP contribution in [0.4, 0.5) is 5.69 Å². The molecule has 3 heteroatoms. The zero-order chi connectivity index (χ0) is 13.8. The normalized spacial score (nSPS) is 20.3. The first-order chi connectivity index (χ1) is 9.06. The highest BCUT2D eigenvalue weighted by Gasteiger charge is 2.18. The molecular weight excluding hydrogens is 236 g/mol. The van der Waals surface area contributed by atoms with Crippen LogP contribution in [-0.4, -0.2) is 30.4 Å². The van der Waals surface area contributed by atoms with Crippen LogP contribution in [0.2, 0.25) is 0 Å². The molecule has 1 aromatic carbocycles. The van der Waals surface area contributed by atoms with Gasteiger partial charge in [0, 0.05) is 12.2 Å². The van der Waals surface area contributed by atoms with Crippen molar-refractivity contribution in [2.75, 3.05) is 25.0 Å². The molecule has 0 bridgehead atoms. The number of benzene rings is 1. The molecule has 1 heterocycles. The maximum Gasteiger partial charge on any atom is 0.238 e. The summed E-state index contributed by atoms with van der Waals surface area (Å²) in [6.45, 7) is 8.93. The minimum Gasteiger partial charge on any atom is -0.324 e. The second-order valence-corrected chi connectivity index (χ2v) is 5.80. The van der Waals surface area contributed by atoms with Gasteiger partial charge in [0.1, 0.15) is 0 Å². The van der Waals surface area contributed by atoms with E-state index in [0.29, 0.717) is 12.5 Å². The lowest BCUT2D eigenvalue weighted by atomic mass is 10.0. The fourth-order valence-corrected chi connectivity index (χ4v) is 2.82. The lowest BCUT2D eigenvalue weighted by Crippen LogP contribution is -2.39. The monoisotopic (exact) mass is 260 g/mol. The Balaban J connectivity index is 1.94. The highest BCUT2D eigenvalue weighted by Crippen LogP contribution is 2.20. The number of para-hydroxylation sites is 1. The highest BCUT2D eigenvalue weighted by molar-refractivity contribution is 5.93. The van der Waals surface area contributed by atoms with Crippen LogP contribution in [0.1, 0.15) is 30.9 Å². The molecule has 1 atom stereocenters. The van der Waals surface area contributed by atoms with E-state index in [1.54, 1.807) is 0 Å². The van der Waals surface area contributed by atoms with Crippen molar-refractivity contribution in [1.82, 2.24) is 4.90 Å². The molecule has 0 aliphatic carbocycles. The van der Waals surface area contributed by atoms with Crippen LogP contribution in [0.15, 0.2) is 18.2 Å². The van der Waals surface area contributed by atoms with E-state index in [1.807, 2.05) is 32.0 Å². The van der Waals surface area contributed by atoms with Gasteiger partial charge in [0.05, 0.1) is 6.54 Å². The maximum atomic E-state index is 12.1. The number of nitrogens with zero attached hydrogens (tertiary/aromatic N) is 1. The van der Waals surface area contributed by atoms with Crippen LogP contribution in [0.3, 0.4) is 0 Å². The quantitative estimate of drug-likeness (QED) is 0.906. The Hall–Kier alpha value is -1.35. The van der Waals surface area contributed by atoms with Crippen molar-refractivity contribution in [3.63, 3.8) is 0 Å². The van der Waals surface area contributed by atoms with E-state index in [2.05, 4.69) is 17.1 Å². The molecule has 0 unspecified atom stereocenters. The number of hydrogen-bond acceptors (Lipinski definition) is 2. The first kappa shape index (κ1) is 14.1. The molecule has 2 rings (SSSR count). The SMILES string of the molecule is Cc1cccc(C)c1NC(=O)CN1CCC[C@H](C)C1. The Morgan fingerprint density at radius 3 is 2.68 bits per heavy atom. The molecule has 0 aromatic heterocycles. The summed E-state index contributed by atoms with van der Waals surface area (Å²) in [6, 6.07) is 6.09. The molecule has 0 radical (unpaired) electrons. The van der Waals surface area contributed by atoms with Crippen molar-refractivity contribution in [3.8, 4) is 0 Å². The molecule has 1 N–H and O–H groups in total. The average Bonchev–Trinajstić information content (AvgIpc) is 2.34. The van der Waals surface area contributed by atoms with E-state index < -0.39 is 0 Å². The van der Waals surface area contributed by atoms with Gasteiger partial charge < -0.3 is 5.32 Å². The molecule has 3 nitrogen and oxygen atoms in total. The van der Waals surface area contributed by atoms with Gasteiger partial charge in [0.15, 0.2) is 0 Å². The predicted octanol–water partition coefficient (Wildman–Crippen LogP) is 2.97. The fraction of sp³-hybridized carbons (Fsp3) is 0.562. The zero-order valence-electron chi connectivity index (χ0n) is 12.2. The molecule has 0 saturated carbocycles. The number of hydrogen-bond donors (Lipinski definition) is 1. The molecular formula is C16H24N2O. The number of amides is 1. The van der Waals surface area contributed by atoms with Gasteiger partial charge in [-0.2, -0.15) is 0 Å². The van der Waals surface area contributed by atoms with Crippen molar-refractivity contribution in [2.24, 2.45) is 5.92 Å². The van der Waals surface area contributed by atoms with Gasteiger partial charge in [0.25, 0.3) is 0 Å². The second kappa shape index (κ2) is 6.20. The number of carbonyl (C=O) groups excluding carboxylic acids is 1. The Bertz CT molecular complexity index is 436. The third kappa shape index (κ3) is 3.80. The second-order valence-electron chi connectivity index (χ2n) is 5.80. The summed E-state index contributed by atoms with van der Waals surface area (Å²) in [6.07, 6.45) is 2.49. The highest BCUT2D eigenvalue weighted by atomic mass is 16.2. The largest absolute Gasteiger partial charge is 0.324 e. The summed E-state index contributed by atoms with van der Waals surface area (Å²) < 4.78 is 0. The number of nitrogens with one attached hydrogen (secondary N) is 1. The number of piperidine rings is 1. The lowest BCUT2D eigenvalue weighted by Gasteiger charge is -2.30. The van der Waals surface area contributed by atoms with Crippen molar-refractivity contribution in [3.05, 3.63) is 29.3 Å². The Morgan fingerprint density at radius 1 is 1.37 bits per heavy atom. The number of likely N-dealkylation sites (tertiary alicyclic amines) is 1. The van der Waals surface area contributed by atoms with Gasteiger partial charge in [-0.05, 0) is 50.3 Å². The van der Waals surface area contributed by atoms with Crippen molar-refractivity contribution in [1.29, 1.82) is 0 Å². The molecule has 1 fully saturated rings. The lowest BCUT2D eigenvalue weighted by molar-refractivity contribution is -0.117. The van der Waals surface area contributed by atoms with Gasteiger partial charge in [0.2, 0.25) is 5.91 Å². The van der Waals surface area contributed by atoms with E-state index in [4.69, 9.17) is 0 Å². The smallest absolute Gasteiger partial charge is 0.238 e. The molecule has 1 aliphatic heterocycles. The van der Waals surface area contributed by atoms with Gasteiger partial charge >= 0.3 is 0 Å². The molecule has 1 aliphatic rings. The van der Waals surface area contributed by atoms with Crippen LogP contribution in [0.25, 0.3) is 0 Å². The predicted molar refractivity (Wildman–Crippen MR) is 79.4 cm³/mol. The molecule has 1 amide bonds. The standard InChI is InChI=1S/C16H24N2O/c1-12-6-5-9-18(10-12)11-15(19)17-16-13(2)7-4-8-14(16)3/h4,7-8,12H,5-6,9-11H2,1-3H3,(H,17,19)/t12-/m0/s1. The van der Waals surface area contributed by atoms with E-state index >= 15 is 0 Å². The summed E-state index contributed by atoms with van der Waals surface area (Å²) in [4.78, 5) is 14.4. The van der Waals surface area contributed by atoms with Crippen LogP contribution < -0.4 is 5.32 Å². The van der Waals surface area contributed by atoms with Crippen LogP contribution in [0, 0.1) is 19.8 Å². The number of aryl methyl sites for hydroxylation is 2. The third-order valence-corrected chi connectivity index (χ3v) is 3.85. The van der Waals surface area contributed by atoms with Crippen LogP contribution in [0.5, 0.6) is 0 Å². The summed E-state index contributed by atoms with van der Waals surface area (Å²) in [7, 11) is 0. The molecule has 19 heavy (non-hydrogen) atoms. The van der Waals surface area contributed by atoms with E-state index in [9.17, 15) is 4.79 Å². The Kier molecular flexibility index (Phi) is 4.59. The minimum atomic E-state index is 0.103. The average molecular weight is 260 g/mol. The number of anilines is 1. The Labute approximate surface area is 116 Å². The van der Waals surface area contributed by atoms with Crippen molar-refractivity contribution >= 4 is 11.6 Å². The van der Waals surface area contributed by atoms with E-state index in [-0.39, 0.29) is 5.91 Å². The fourth-order valence-electron chi connectivity index (χ4n) is 2.82. The molecule has 104 valence electrons. The summed E-state index contributed by atoms with van der Waals surface area (Å²) in [5.41, 5.74) is 3.22. The first-order valence-electron chi connectivity index (χ1n) is 7.14. The molecule has 1 saturated heterocycles. The van der Waals surface area contributed by atoms with Gasteiger partial charge in [-0.15, -0.1) is 0 Å². The van der Waals surface area contributed by atoms with Gasteiger partial charge in [-0.25, -0.2) is 0 Å². The summed E-state index contributed by atoms with van der Waals surface area (Å²) in [5.74, 6) is 0.813. The zero-order valence-corrected chi connectivity index (χ0v) is 12.2. The topological polar surface area (TPSA) is 32.3 Å². The molecule has 0 spiro atoms. The molecule has 1 aromatic rings.